The lowest BCUT2D eigenvalue weighted by Crippen LogP contribution is -2.63. The van der Waals surface area contributed by atoms with Crippen LogP contribution in [-0.2, 0) is 51.2 Å². The predicted octanol–water partition coefficient (Wildman–Crippen LogP) is 2.47. The quantitative estimate of drug-likeness (QED) is 0.0223. The molecule has 0 radical (unpaired) electrons. The summed E-state index contributed by atoms with van der Waals surface area (Å²) in [4.78, 5) is 134. The molecule has 0 bridgehead atoms. The van der Waals surface area contributed by atoms with Crippen molar-refractivity contribution >= 4 is 70.8 Å². The Bertz CT molecular complexity index is 2810. The first-order valence-corrected chi connectivity index (χ1v) is 31.2. The van der Waals surface area contributed by atoms with Crippen molar-refractivity contribution < 1.29 is 63.3 Å². The fourth-order valence-electron chi connectivity index (χ4n) is 10.6. The molecule has 2 aliphatic heterocycles. The number of carbonyl (C=O) groups is 10. The van der Waals surface area contributed by atoms with Crippen LogP contribution in [0.1, 0.15) is 139 Å². The van der Waals surface area contributed by atoms with Gasteiger partial charge in [0.15, 0.2) is 5.78 Å². The van der Waals surface area contributed by atoms with Crippen LogP contribution < -0.4 is 53.6 Å². The highest BCUT2D eigenvalue weighted by molar-refractivity contribution is 8.00. The van der Waals surface area contributed by atoms with Gasteiger partial charge < -0.3 is 63.6 Å². The summed E-state index contributed by atoms with van der Waals surface area (Å²) in [5.41, 5.74) is 6.98. The molecular weight excluding hydrogens is 1140 g/mol. The van der Waals surface area contributed by atoms with Crippen LogP contribution in [0, 0.1) is 5.92 Å². The van der Waals surface area contributed by atoms with E-state index < -0.39 is 89.9 Å². The molecule has 12 atom stereocenters. The number of ketones is 2. The molecule has 3 aromatic rings. The number of aliphatic hydroxyl groups excluding tert-OH is 2. The summed E-state index contributed by atoms with van der Waals surface area (Å²) in [6.07, 6.45) is 1.82. The predicted molar refractivity (Wildman–Crippen MR) is 330 cm³/mol. The van der Waals surface area contributed by atoms with Crippen molar-refractivity contribution in [2.45, 2.75) is 190 Å². The number of carboxylic acid groups (broad SMARTS) is 1. The largest absolute Gasteiger partial charge is 0.480 e. The molecule has 2 saturated heterocycles. The van der Waals surface area contributed by atoms with Gasteiger partial charge in [-0.3, -0.25) is 43.7 Å². The Kier molecular flexibility index (Phi) is 27.8. The molecule has 0 aliphatic carbocycles. The second kappa shape index (κ2) is 34.3. The molecule has 2 heterocycles. The van der Waals surface area contributed by atoms with Gasteiger partial charge in [-0.1, -0.05) is 112 Å². The number of carboxylic acids is 1. The van der Waals surface area contributed by atoms with Gasteiger partial charge in [-0.15, -0.1) is 0 Å². The minimum absolute atomic E-state index is 0.0355. The number of urea groups is 1. The minimum Gasteiger partial charge on any atom is -0.480 e. The maximum atomic E-state index is 14.5. The van der Waals surface area contributed by atoms with Crippen LogP contribution in [0.5, 0.6) is 0 Å². The average Bonchev–Trinajstić information content (AvgIpc) is 1.60. The van der Waals surface area contributed by atoms with Gasteiger partial charge in [0.05, 0.1) is 29.8 Å². The summed E-state index contributed by atoms with van der Waals surface area (Å²) in [6.45, 7) is 10.5. The van der Waals surface area contributed by atoms with Crippen molar-refractivity contribution in [2.75, 3.05) is 25.4 Å². The topological polar surface area (TPSA) is 366 Å². The van der Waals surface area contributed by atoms with Crippen molar-refractivity contribution in [2.24, 2.45) is 11.7 Å². The summed E-state index contributed by atoms with van der Waals surface area (Å²) in [7, 11) is 0. The number of hydrogen-bond acceptors (Lipinski definition) is 15. The second-order valence-electron chi connectivity index (χ2n) is 23.3. The van der Waals surface area contributed by atoms with Crippen molar-refractivity contribution in [3.8, 4) is 0 Å². The maximum absolute atomic E-state index is 14.5. The SMILES string of the molecule is CC[C@H](C)[C@H](NC(=O)[C@@H](NCC(=O)CCCCNC(=O)CCCC[C@@H]1SC[C@]2(C)NC(=O)N[C@]12C)[C@@H](C)O)C(=O)N[C@H](C(=O)N[C@@H](Cc1ccc(C(=O)c2ccccc2)cc1)C(=O)N[C@@H](CCCCN)C(=O)N[C@@H](Cc1ccccc1)C(=O)O)[C@@H](C)O. The molecule has 23 nitrogen and oxygen atoms in total. The minimum atomic E-state index is -1.74. The van der Waals surface area contributed by atoms with Crippen LogP contribution in [0.3, 0.4) is 0 Å². The lowest BCUT2D eigenvalue weighted by molar-refractivity contribution is -0.142. The van der Waals surface area contributed by atoms with E-state index in [1.165, 1.54) is 13.8 Å². The molecule has 5 rings (SSSR count). The molecule has 0 saturated carbocycles. The molecule has 14 N–H and O–H groups in total. The number of carbonyl (C=O) groups excluding carboxylic acids is 9. The van der Waals surface area contributed by atoms with E-state index in [9.17, 15) is 63.3 Å². The molecule has 3 aromatic carbocycles. The molecule has 8 amide bonds. The van der Waals surface area contributed by atoms with Crippen LogP contribution in [0.25, 0.3) is 0 Å². The highest BCUT2D eigenvalue weighted by Gasteiger charge is 2.60. The molecule has 2 fully saturated rings. The van der Waals surface area contributed by atoms with Gasteiger partial charge in [0, 0.05) is 54.4 Å². The summed E-state index contributed by atoms with van der Waals surface area (Å²) in [5, 5.41) is 57.0. The Morgan fingerprint density at radius 1 is 0.632 bits per heavy atom. The first kappa shape index (κ1) is 70.5. The van der Waals surface area contributed by atoms with Crippen molar-refractivity contribution in [3.05, 3.63) is 107 Å². The third-order valence-electron chi connectivity index (χ3n) is 16.4. The first-order valence-electron chi connectivity index (χ1n) is 30.2. The zero-order valence-corrected chi connectivity index (χ0v) is 51.6. The number of hydrogen-bond donors (Lipinski definition) is 13. The molecule has 476 valence electrons. The van der Waals surface area contributed by atoms with E-state index in [0.717, 1.165) is 18.6 Å². The number of unbranched alkanes of at least 4 members (excludes halogenated alkanes) is 3. The zero-order chi connectivity index (χ0) is 63.8. The number of rotatable bonds is 38. The molecule has 0 aromatic heterocycles. The summed E-state index contributed by atoms with van der Waals surface area (Å²) >= 11 is 1.83. The molecule has 87 heavy (non-hydrogen) atoms. The normalized spacial score (nSPS) is 20.0. The number of benzene rings is 3. The van der Waals surface area contributed by atoms with E-state index >= 15 is 0 Å². The third kappa shape index (κ3) is 21.0. The Labute approximate surface area is 513 Å². The number of aliphatic hydroxyl groups is 2. The smallest absolute Gasteiger partial charge is 0.326 e. The standard InChI is InChI=1S/C63H90N10O13S/c1-7-38(2)51(70-58(82)52(39(3)74)66-36-45(76)24-17-19-33-65-50(77)27-15-14-26-49-63(6)62(5,37-87-49)72-61(86)73-63)57(81)71-53(40(4)75)59(83)68-47(34-42-28-30-44(31-29-42)54(78)43-22-12-9-13-23-43)56(80)67-46(25-16-18-32-64)55(79)69-48(60(84)85)35-41-20-10-8-11-21-41/h8-13,20-23,28-31,38-40,46-49,51-53,66,74-75H,7,14-19,24-27,32-37,64H2,1-6H3,(H,65,77)(H,67,80)(H,68,83)(H,69,79)(H,70,82)(H,71,81)(H,84,85)(H2,72,73,86)/t38-,39+,40+,46-,47-,48-,49-,51-,52-,53-,62-,63+/m0/s1. The number of amides is 8. The van der Waals surface area contributed by atoms with Crippen molar-refractivity contribution in [3.63, 3.8) is 0 Å². The van der Waals surface area contributed by atoms with E-state index in [2.05, 4.69) is 61.7 Å². The number of aliphatic carboxylic acids is 1. The molecular formula is C63H90N10O13S. The van der Waals surface area contributed by atoms with Crippen LogP contribution in [0.15, 0.2) is 84.9 Å². The summed E-state index contributed by atoms with van der Waals surface area (Å²) in [5.74, 6) is -6.12. The molecule has 2 aliphatic rings. The van der Waals surface area contributed by atoms with Crippen LogP contribution in [-0.4, -0.2) is 165 Å². The fraction of sp³-hybridized carbons (Fsp3) is 0.556. The maximum Gasteiger partial charge on any atom is 0.326 e. The number of nitrogens with two attached hydrogens (primary N) is 1. The van der Waals surface area contributed by atoms with Gasteiger partial charge in [-0.25, -0.2) is 9.59 Å². The second-order valence-corrected chi connectivity index (χ2v) is 24.5. The van der Waals surface area contributed by atoms with Crippen LogP contribution in [0.2, 0.25) is 0 Å². The van der Waals surface area contributed by atoms with E-state index in [0.29, 0.717) is 73.7 Å². The van der Waals surface area contributed by atoms with E-state index in [1.807, 2.05) is 11.8 Å². The van der Waals surface area contributed by atoms with Gasteiger partial charge >= 0.3 is 12.0 Å². The number of nitrogens with one attached hydrogen (secondary N) is 9. The van der Waals surface area contributed by atoms with Gasteiger partial charge in [0.2, 0.25) is 35.4 Å². The van der Waals surface area contributed by atoms with Crippen molar-refractivity contribution in [1.82, 2.24) is 47.9 Å². The van der Waals surface area contributed by atoms with Gasteiger partial charge in [0.1, 0.15) is 42.0 Å². The average molecular weight is 1230 g/mol. The van der Waals surface area contributed by atoms with Crippen molar-refractivity contribution in [1.29, 1.82) is 0 Å². The fourth-order valence-corrected chi connectivity index (χ4v) is 12.5. The van der Waals surface area contributed by atoms with Crippen LogP contribution in [0.4, 0.5) is 4.79 Å². The van der Waals surface area contributed by atoms with Gasteiger partial charge in [0.25, 0.3) is 0 Å². The number of thioether (sulfide) groups is 1. The molecule has 24 heteroatoms. The highest BCUT2D eigenvalue weighted by atomic mass is 32.2. The lowest BCUT2D eigenvalue weighted by Gasteiger charge is -2.35. The molecule has 0 unspecified atom stereocenters. The lowest BCUT2D eigenvalue weighted by atomic mass is 9.79. The third-order valence-corrected chi connectivity index (χ3v) is 18.2. The van der Waals surface area contributed by atoms with E-state index in [1.54, 1.807) is 98.8 Å². The van der Waals surface area contributed by atoms with Crippen LogP contribution >= 0.6 is 11.8 Å². The highest BCUT2D eigenvalue weighted by Crippen LogP contribution is 2.47. The Morgan fingerprint density at radius 3 is 1.82 bits per heavy atom. The Morgan fingerprint density at radius 2 is 1.18 bits per heavy atom. The van der Waals surface area contributed by atoms with E-state index in [-0.39, 0.29) is 78.6 Å². The number of fused-ring (bicyclic) bond motifs is 1. The summed E-state index contributed by atoms with van der Waals surface area (Å²) in [6, 6.07) is 14.7. The van der Waals surface area contributed by atoms with E-state index in [4.69, 9.17) is 5.73 Å². The Balaban J connectivity index is 1.20. The number of Topliss-reactive ketones (excluding diaryl/α,β-unsaturated/α-hetero) is 1. The first-order chi connectivity index (χ1) is 41.4. The van der Waals surface area contributed by atoms with Gasteiger partial charge in [-0.05, 0) is 96.2 Å². The van der Waals surface area contributed by atoms with Gasteiger partial charge in [-0.2, -0.15) is 11.8 Å². The summed E-state index contributed by atoms with van der Waals surface area (Å²) < 4.78 is 0. The monoisotopic (exact) mass is 1230 g/mol. The zero-order valence-electron chi connectivity index (χ0n) is 50.8. The molecule has 0 spiro atoms. The Hall–Kier alpha value is -7.25.